The first-order chi connectivity index (χ1) is 9.91. The fourth-order valence-electron chi connectivity index (χ4n) is 3.11. The second-order valence-corrected chi connectivity index (χ2v) is 13.1. The van der Waals surface area contributed by atoms with Crippen molar-refractivity contribution in [3.05, 3.63) is 12.2 Å². The third-order valence-corrected chi connectivity index (χ3v) is 11.0. The van der Waals surface area contributed by atoms with Gasteiger partial charge in [0.05, 0.1) is 6.10 Å². The molecule has 4 heteroatoms. The Hall–Kier alpha value is -0.163. The average Bonchev–Trinajstić information content (AvgIpc) is 2.42. The van der Waals surface area contributed by atoms with Crippen LogP contribution in [-0.4, -0.2) is 37.3 Å². The highest BCUT2D eigenvalue weighted by Gasteiger charge is 2.44. The first-order valence-corrected chi connectivity index (χ1v) is 11.5. The van der Waals surface area contributed by atoms with Gasteiger partial charge >= 0.3 is 0 Å². The molecule has 22 heavy (non-hydrogen) atoms. The Balaban J connectivity index is 2.66. The van der Waals surface area contributed by atoms with Crippen LogP contribution >= 0.6 is 0 Å². The molecule has 4 atom stereocenters. The zero-order valence-electron chi connectivity index (χ0n) is 15.5. The van der Waals surface area contributed by atoms with E-state index in [1.54, 1.807) is 0 Å². The molecule has 0 amide bonds. The topological polar surface area (TPSA) is 49.7 Å². The summed E-state index contributed by atoms with van der Waals surface area (Å²) in [6.07, 6.45) is 0.198. The minimum Gasteiger partial charge on any atom is -0.417 e. The summed E-state index contributed by atoms with van der Waals surface area (Å²) in [5.74, 6) is 0.912. The molecule has 1 aliphatic carbocycles. The first-order valence-electron chi connectivity index (χ1n) is 8.59. The van der Waals surface area contributed by atoms with Crippen molar-refractivity contribution in [3.8, 4) is 0 Å². The predicted octanol–water partition coefficient (Wildman–Crippen LogP) is 3.97. The van der Waals surface area contributed by atoms with Gasteiger partial charge in [0.25, 0.3) is 0 Å². The van der Waals surface area contributed by atoms with E-state index in [4.69, 9.17) is 4.43 Å². The molecule has 0 aromatic carbocycles. The van der Waals surface area contributed by atoms with Crippen molar-refractivity contribution in [2.45, 2.75) is 77.8 Å². The maximum absolute atomic E-state index is 10.3. The summed E-state index contributed by atoms with van der Waals surface area (Å²) in [6, 6.07) is 0. The monoisotopic (exact) mass is 328 g/mol. The highest BCUT2D eigenvalue weighted by Crippen LogP contribution is 2.45. The van der Waals surface area contributed by atoms with Crippen molar-refractivity contribution < 1.29 is 14.6 Å². The van der Waals surface area contributed by atoms with Crippen LogP contribution in [0.25, 0.3) is 0 Å². The average molecular weight is 329 g/mol. The van der Waals surface area contributed by atoms with Crippen LogP contribution in [0.5, 0.6) is 0 Å². The third-order valence-electron chi connectivity index (χ3n) is 6.41. The number of aliphatic hydroxyl groups excluding tert-OH is 2. The molecular formula is C18H36O3Si. The maximum atomic E-state index is 10.3. The Kier molecular flexibility index (Phi) is 6.47. The molecule has 3 nitrogen and oxygen atoms in total. The van der Waals surface area contributed by atoms with Crippen LogP contribution in [0.15, 0.2) is 12.2 Å². The SMILES string of the molecule is C=C1CC[C@@H]([C@H](C)CO[Si](C)(C)C(C)(C)C(C)C)[C@H](O)[C@H]1O. The lowest BCUT2D eigenvalue weighted by Gasteiger charge is -2.44. The van der Waals surface area contributed by atoms with Gasteiger partial charge in [-0.05, 0) is 54.3 Å². The van der Waals surface area contributed by atoms with E-state index < -0.39 is 20.5 Å². The van der Waals surface area contributed by atoms with Crippen molar-refractivity contribution >= 4 is 8.32 Å². The van der Waals surface area contributed by atoms with Gasteiger partial charge in [0.2, 0.25) is 0 Å². The molecule has 0 bridgehead atoms. The van der Waals surface area contributed by atoms with Crippen LogP contribution in [0, 0.1) is 17.8 Å². The van der Waals surface area contributed by atoms with Gasteiger partial charge in [-0.25, -0.2) is 0 Å². The van der Waals surface area contributed by atoms with Crippen molar-refractivity contribution in [2.24, 2.45) is 17.8 Å². The predicted molar refractivity (Wildman–Crippen MR) is 95.4 cm³/mol. The molecule has 0 spiro atoms. The van der Waals surface area contributed by atoms with E-state index in [2.05, 4.69) is 54.3 Å². The summed E-state index contributed by atoms with van der Waals surface area (Å²) in [5, 5.41) is 20.5. The van der Waals surface area contributed by atoms with Crippen molar-refractivity contribution in [2.75, 3.05) is 6.61 Å². The molecule has 1 rings (SSSR count). The lowest BCUT2D eigenvalue weighted by atomic mass is 9.76. The van der Waals surface area contributed by atoms with Gasteiger partial charge in [0.1, 0.15) is 6.10 Å². The van der Waals surface area contributed by atoms with E-state index in [0.717, 1.165) is 18.4 Å². The lowest BCUT2D eigenvalue weighted by Crippen LogP contribution is -2.48. The largest absolute Gasteiger partial charge is 0.417 e. The highest BCUT2D eigenvalue weighted by molar-refractivity contribution is 6.74. The zero-order chi connectivity index (χ0) is 17.3. The number of hydrogen-bond donors (Lipinski definition) is 2. The Morgan fingerprint density at radius 1 is 1.27 bits per heavy atom. The highest BCUT2D eigenvalue weighted by atomic mass is 28.4. The quantitative estimate of drug-likeness (QED) is 0.573. The second-order valence-electron chi connectivity index (χ2n) is 8.47. The lowest BCUT2D eigenvalue weighted by molar-refractivity contribution is -0.0401. The molecule has 130 valence electrons. The van der Waals surface area contributed by atoms with E-state index in [1.165, 1.54) is 0 Å². The molecular weight excluding hydrogens is 292 g/mol. The standard InChI is InChI=1S/C18H36O3Si/c1-12(2)18(5,6)22(7,8)21-11-14(4)15-10-9-13(3)16(19)17(15)20/h12,14-17,19-20H,3,9-11H2,1-2,4-8H3/t14-,15+,16+,17+/m1/s1. The van der Waals surface area contributed by atoms with Gasteiger partial charge in [-0.15, -0.1) is 0 Å². The van der Waals surface area contributed by atoms with Gasteiger partial charge in [0, 0.05) is 6.61 Å². The van der Waals surface area contributed by atoms with Crippen molar-refractivity contribution in [1.82, 2.24) is 0 Å². The van der Waals surface area contributed by atoms with E-state index >= 15 is 0 Å². The summed E-state index contributed by atoms with van der Waals surface area (Å²) in [6.45, 7) is 20.3. The molecule has 2 N–H and O–H groups in total. The molecule has 0 radical (unpaired) electrons. The summed E-state index contributed by atoms with van der Waals surface area (Å²) in [7, 11) is -1.83. The van der Waals surface area contributed by atoms with Crippen molar-refractivity contribution in [1.29, 1.82) is 0 Å². The minimum atomic E-state index is -1.83. The van der Waals surface area contributed by atoms with E-state index in [9.17, 15) is 10.2 Å². The molecule has 1 aliphatic rings. The summed E-state index contributed by atoms with van der Waals surface area (Å²) in [4.78, 5) is 0. The van der Waals surface area contributed by atoms with Crippen LogP contribution in [0.3, 0.4) is 0 Å². The Bertz CT molecular complexity index is 390. The minimum absolute atomic E-state index is 0.0902. The summed E-state index contributed by atoms with van der Waals surface area (Å²) >= 11 is 0. The van der Waals surface area contributed by atoms with Gasteiger partial charge in [-0.1, -0.05) is 41.2 Å². The number of rotatable bonds is 6. The Labute approximate surface area is 137 Å². The number of hydrogen-bond acceptors (Lipinski definition) is 3. The molecule has 0 aromatic heterocycles. The van der Waals surface area contributed by atoms with Gasteiger partial charge in [0.15, 0.2) is 8.32 Å². The second kappa shape index (κ2) is 7.16. The number of aliphatic hydroxyl groups is 2. The maximum Gasteiger partial charge on any atom is 0.192 e. The fraction of sp³-hybridized carbons (Fsp3) is 0.889. The van der Waals surface area contributed by atoms with Crippen molar-refractivity contribution in [3.63, 3.8) is 0 Å². The van der Waals surface area contributed by atoms with Gasteiger partial charge < -0.3 is 14.6 Å². The molecule has 0 heterocycles. The molecule has 1 saturated carbocycles. The van der Waals surface area contributed by atoms with E-state index in [-0.39, 0.29) is 16.9 Å². The van der Waals surface area contributed by atoms with Crippen LogP contribution in [0.1, 0.15) is 47.5 Å². The summed E-state index contributed by atoms with van der Waals surface area (Å²) in [5.41, 5.74) is 0.757. The molecule has 0 saturated heterocycles. The summed E-state index contributed by atoms with van der Waals surface area (Å²) < 4.78 is 6.40. The fourth-order valence-corrected chi connectivity index (χ4v) is 5.55. The smallest absolute Gasteiger partial charge is 0.192 e. The first kappa shape index (κ1) is 19.9. The van der Waals surface area contributed by atoms with Crippen LogP contribution in [0.2, 0.25) is 18.1 Å². The Morgan fingerprint density at radius 2 is 1.82 bits per heavy atom. The molecule has 0 aromatic rings. The third kappa shape index (κ3) is 4.02. The van der Waals surface area contributed by atoms with Gasteiger partial charge in [-0.2, -0.15) is 0 Å². The zero-order valence-corrected chi connectivity index (χ0v) is 16.5. The van der Waals surface area contributed by atoms with Gasteiger partial charge in [-0.3, -0.25) is 0 Å². The normalized spacial score (nSPS) is 29.0. The molecule has 0 unspecified atom stereocenters. The molecule has 1 fully saturated rings. The van der Waals surface area contributed by atoms with Crippen LogP contribution < -0.4 is 0 Å². The molecule has 0 aliphatic heterocycles. The van der Waals surface area contributed by atoms with E-state index in [1.807, 2.05) is 0 Å². The van der Waals surface area contributed by atoms with Crippen LogP contribution in [-0.2, 0) is 4.43 Å². The van der Waals surface area contributed by atoms with E-state index in [0.29, 0.717) is 12.5 Å². The Morgan fingerprint density at radius 3 is 2.32 bits per heavy atom. The van der Waals surface area contributed by atoms with Crippen LogP contribution in [0.4, 0.5) is 0 Å².